The van der Waals surface area contributed by atoms with Crippen molar-refractivity contribution in [3.05, 3.63) is 40.5 Å². The first-order valence-corrected chi connectivity index (χ1v) is 7.48. The molecule has 6 heteroatoms. The van der Waals surface area contributed by atoms with Crippen molar-refractivity contribution < 1.29 is 9.26 Å². The van der Waals surface area contributed by atoms with E-state index in [1.54, 1.807) is 6.07 Å². The molecule has 0 radical (unpaired) electrons. The molecule has 1 unspecified atom stereocenters. The lowest BCUT2D eigenvalue weighted by Crippen LogP contribution is -2.21. The van der Waals surface area contributed by atoms with Crippen molar-refractivity contribution in [3.63, 3.8) is 0 Å². The minimum absolute atomic E-state index is 0.0858. The maximum atomic E-state index is 6.05. The zero-order chi connectivity index (χ0) is 15.2. The highest BCUT2D eigenvalue weighted by Crippen LogP contribution is 2.25. The number of halogens is 1. The van der Waals surface area contributed by atoms with Crippen molar-refractivity contribution in [2.75, 3.05) is 0 Å². The molecule has 0 fully saturated rings. The third kappa shape index (κ3) is 4.44. The van der Waals surface area contributed by atoms with Gasteiger partial charge in [0.05, 0.1) is 0 Å². The van der Waals surface area contributed by atoms with E-state index in [0.717, 1.165) is 24.2 Å². The molecule has 114 valence electrons. The van der Waals surface area contributed by atoms with Gasteiger partial charge in [-0.05, 0) is 36.6 Å². The monoisotopic (exact) mass is 309 g/mol. The SMILES string of the molecule is CCc1nc(COc2ccc(Cl)cc2CC(N)CC)no1. The Morgan fingerprint density at radius 3 is 2.86 bits per heavy atom. The van der Waals surface area contributed by atoms with Crippen LogP contribution >= 0.6 is 11.6 Å². The third-order valence-electron chi connectivity index (χ3n) is 3.20. The van der Waals surface area contributed by atoms with Crippen LogP contribution in [0, 0.1) is 0 Å². The van der Waals surface area contributed by atoms with Crippen molar-refractivity contribution in [2.45, 2.75) is 45.8 Å². The Morgan fingerprint density at radius 1 is 1.38 bits per heavy atom. The number of aromatic nitrogens is 2. The molecule has 21 heavy (non-hydrogen) atoms. The second-order valence-corrected chi connectivity index (χ2v) is 5.31. The summed E-state index contributed by atoms with van der Waals surface area (Å²) in [5.41, 5.74) is 7.01. The van der Waals surface area contributed by atoms with Crippen molar-refractivity contribution >= 4 is 11.6 Å². The van der Waals surface area contributed by atoms with Gasteiger partial charge < -0.3 is 15.0 Å². The number of hydrogen-bond acceptors (Lipinski definition) is 5. The molecule has 5 nitrogen and oxygen atoms in total. The van der Waals surface area contributed by atoms with E-state index in [9.17, 15) is 0 Å². The topological polar surface area (TPSA) is 74.2 Å². The van der Waals surface area contributed by atoms with Gasteiger partial charge in [0.15, 0.2) is 6.61 Å². The molecule has 0 spiro atoms. The first-order valence-electron chi connectivity index (χ1n) is 7.10. The molecule has 1 heterocycles. The van der Waals surface area contributed by atoms with Crippen LogP contribution in [-0.2, 0) is 19.4 Å². The molecule has 2 N–H and O–H groups in total. The van der Waals surface area contributed by atoms with Crippen LogP contribution in [-0.4, -0.2) is 16.2 Å². The molecule has 0 amide bonds. The Labute approximate surface area is 129 Å². The van der Waals surface area contributed by atoms with Gasteiger partial charge in [-0.2, -0.15) is 4.98 Å². The van der Waals surface area contributed by atoms with Gasteiger partial charge in [-0.1, -0.05) is 30.6 Å². The summed E-state index contributed by atoms with van der Waals surface area (Å²) in [5.74, 6) is 1.90. The van der Waals surface area contributed by atoms with Crippen LogP contribution in [0.25, 0.3) is 0 Å². The summed E-state index contributed by atoms with van der Waals surface area (Å²) in [6, 6.07) is 5.62. The zero-order valence-electron chi connectivity index (χ0n) is 12.3. The van der Waals surface area contributed by atoms with Crippen LogP contribution in [0.2, 0.25) is 5.02 Å². The third-order valence-corrected chi connectivity index (χ3v) is 3.43. The number of nitrogens with two attached hydrogens (primary N) is 1. The molecule has 0 bridgehead atoms. The van der Waals surface area contributed by atoms with Crippen molar-refractivity contribution in [1.29, 1.82) is 0 Å². The Balaban J connectivity index is 2.07. The fourth-order valence-electron chi connectivity index (χ4n) is 1.91. The standard InChI is InChI=1S/C15H20ClN3O2/c1-3-12(17)8-10-7-11(16)5-6-13(10)20-9-14-18-15(4-2)21-19-14/h5-7,12H,3-4,8-9,17H2,1-2H3. The first-order chi connectivity index (χ1) is 10.1. The quantitative estimate of drug-likeness (QED) is 0.850. The highest BCUT2D eigenvalue weighted by atomic mass is 35.5. The van der Waals surface area contributed by atoms with E-state index >= 15 is 0 Å². The van der Waals surface area contributed by atoms with Crippen LogP contribution in [0.1, 0.15) is 37.5 Å². The summed E-state index contributed by atoms with van der Waals surface area (Å²) >= 11 is 6.05. The van der Waals surface area contributed by atoms with Gasteiger partial charge in [0, 0.05) is 17.5 Å². The first kappa shape index (κ1) is 15.8. The highest BCUT2D eigenvalue weighted by molar-refractivity contribution is 6.30. The largest absolute Gasteiger partial charge is 0.485 e. The Morgan fingerprint density at radius 2 is 2.19 bits per heavy atom. The lowest BCUT2D eigenvalue weighted by molar-refractivity contribution is 0.282. The molecule has 2 aromatic rings. The van der Waals surface area contributed by atoms with Crippen LogP contribution in [0.15, 0.2) is 22.7 Å². The number of benzene rings is 1. The van der Waals surface area contributed by atoms with E-state index in [1.807, 2.05) is 19.1 Å². The second kappa shape index (κ2) is 7.43. The normalized spacial score (nSPS) is 12.4. The average Bonchev–Trinajstić information content (AvgIpc) is 2.94. The smallest absolute Gasteiger partial charge is 0.226 e. The van der Waals surface area contributed by atoms with Crippen molar-refractivity contribution in [1.82, 2.24) is 10.1 Å². The van der Waals surface area contributed by atoms with Gasteiger partial charge in [-0.15, -0.1) is 0 Å². The molecular formula is C15H20ClN3O2. The fourth-order valence-corrected chi connectivity index (χ4v) is 2.10. The van der Waals surface area contributed by atoms with Crippen LogP contribution in [0.3, 0.4) is 0 Å². The molecule has 0 aliphatic carbocycles. The number of ether oxygens (including phenoxy) is 1. The van der Waals surface area contributed by atoms with Gasteiger partial charge in [0.2, 0.25) is 11.7 Å². The number of hydrogen-bond donors (Lipinski definition) is 1. The average molecular weight is 310 g/mol. The predicted molar refractivity (Wildman–Crippen MR) is 81.4 cm³/mol. The predicted octanol–water partition coefficient (Wildman–Crippen LogP) is 3.14. The minimum atomic E-state index is 0.0858. The maximum Gasteiger partial charge on any atom is 0.226 e. The zero-order valence-corrected chi connectivity index (χ0v) is 13.1. The number of nitrogens with zero attached hydrogens (tertiary/aromatic N) is 2. The molecule has 1 aromatic carbocycles. The van der Waals surface area contributed by atoms with E-state index < -0.39 is 0 Å². The van der Waals surface area contributed by atoms with Gasteiger partial charge >= 0.3 is 0 Å². The maximum absolute atomic E-state index is 6.05. The minimum Gasteiger partial charge on any atom is -0.485 e. The Bertz CT molecular complexity index is 586. The summed E-state index contributed by atoms with van der Waals surface area (Å²) in [5, 5.41) is 4.54. The second-order valence-electron chi connectivity index (χ2n) is 4.87. The van der Waals surface area contributed by atoms with Crippen LogP contribution in [0.5, 0.6) is 5.75 Å². The van der Waals surface area contributed by atoms with Gasteiger partial charge in [0.1, 0.15) is 5.75 Å². The van der Waals surface area contributed by atoms with Gasteiger partial charge in [0.25, 0.3) is 0 Å². The lowest BCUT2D eigenvalue weighted by atomic mass is 10.0. The molecular weight excluding hydrogens is 290 g/mol. The van der Waals surface area contributed by atoms with Crippen LogP contribution in [0.4, 0.5) is 0 Å². The van der Waals surface area contributed by atoms with Crippen molar-refractivity contribution in [3.8, 4) is 5.75 Å². The van der Waals surface area contributed by atoms with E-state index in [2.05, 4.69) is 17.1 Å². The van der Waals surface area contributed by atoms with E-state index in [-0.39, 0.29) is 12.6 Å². The van der Waals surface area contributed by atoms with Gasteiger partial charge in [-0.25, -0.2) is 0 Å². The summed E-state index contributed by atoms with van der Waals surface area (Å²) in [7, 11) is 0. The lowest BCUT2D eigenvalue weighted by Gasteiger charge is -2.14. The number of aryl methyl sites for hydroxylation is 1. The summed E-state index contributed by atoms with van der Waals surface area (Å²) in [6.07, 6.45) is 2.33. The van der Waals surface area contributed by atoms with Crippen molar-refractivity contribution in [2.24, 2.45) is 5.73 Å². The fraction of sp³-hybridized carbons (Fsp3) is 0.467. The summed E-state index contributed by atoms with van der Waals surface area (Å²) < 4.78 is 10.8. The molecule has 0 saturated heterocycles. The summed E-state index contributed by atoms with van der Waals surface area (Å²) in [6.45, 7) is 4.28. The molecule has 1 aromatic heterocycles. The Kier molecular flexibility index (Phi) is 5.59. The summed E-state index contributed by atoms with van der Waals surface area (Å²) in [4.78, 5) is 4.21. The van der Waals surface area contributed by atoms with E-state index in [1.165, 1.54) is 0 Å². The van der Waals surface area contributed by atoms with Gasteiger partial charge in [-0.3, -0.25) is 0 Å². The Hall–Kier alpha value is -1.59. The molecule has 0 saturated carbocycles. The van der Waals surface area contributed by atoms with E-state index in [4.69, 9.17) is 26.6 Å². The molecule has 0 aliphatic heterocycles. The molecule has 1 atom stereocenters. The molecule has 0 aliphatic rings. The highest BCUT2D eigenvalue weighted by Gasteiger charge is 2.11. The number of rotatable bonds is 7. The van der Waals surface area contributed by atoms with E-state index in [0.29, 0.717) is 23.2 Å². The molecule has 2 rings (SSSR count). The van der Waals surface area contributed by atoms with Crippen LogP contribution < -0.4 is 10.5 Å².